The first kappa shape index (κ1) is 14.2. The van der Waals surface area contributed by atoms with E-state index in [1.165, 1.54) is 0 Å². The predicted molar refractivity (Wildman–Crippen MR) is 81.5 cm³/mol. The van der Waals surface area contributed by atoms with Crippen LogP contribution in [0.25, 0.3) is 0 Å². The zero-order valence-corrected chi connectivity index (χ0v) is 12.8. The van der Waals surface area contributed by atoms with Crippen LogP contribution in [-0.4, -0.2) is 11.6 Å². The van der Waals surface area contributed by atoms with Crippen LogP contribution in [0.15, 0.2) is 23.6 Å². The second-order valence-electron chi connectivity index (χ2n) is 4.23. The van der Waals surface area contributed by atoms with Gasteiger partial charge in [-0.05, 0) is 39.0 Å². The van der Waals surface area contributed by atoms with Crippen LogP contribution in [0, 0.1) is 6.92 Å². The predicted octanol–water partition coefficient (Wildman–Crippen LogP) is 4.68. The van der Waals surface area contributed by atoms with Crippen molar-refractivity contribution < 1.29 is 4.74 Å². The van der Waals surface area contributed by atoms with Crippen LogP contribution in [-0.2, 0) is 0 Å². The molecule has 0 aliphatic rings. The molecule has 1 aromatic carbocycles. The van der Waals surface area contributed by atoms with Crippen LogP contribution >= 0.6 is 22.9 Å². The first-order valence-electron chi connectivity index (χ1n) is 6.21. The summed E-state index contributed by atoms with van der Waals surface area (Å²) in [6.45, 7) is 6.67. The molecule has 1 aromatic heterocycles. The van der Waals surface area contributed by atoms with Gasteiger partial charge in [0.15, 0.2) is 0 Å². The number of aromatic nitrogens is 1. The van der Waals surface area contributed by atoms with Gasteiger partial charge in [0.1, 0.15) is 5.75 Å². The minimum atomic E-state index is 0.114. The maximum Gasteiger partial charge on any atom is 0.142 e. The van der Waals surface area contributed by atoms with Gasteiger partial charge in [-0.2, -0.15) is 0 Å². The SMILES string of the molecule is CCOc1ccc(Cl)cc1NC(C)c1csc(C)n1. The van der Waals surface area contributed by atoms with E-state index in [-0.39, 0.29) is 6.04 Å². The Hall–Kier alpha value is -1.26. The van der Waals surface area contributed by atoms with E-state index < -0.39 is 0 Å². The summed E-state index contributed by atoms with van der Waals surface area (Å²) in [5.41, 5.74) is 1.93. The van der Waals surface area contributed by atoms with Gasteiger partial charge in [-0.3, -0.25) is 0 Å². The fraction of sp³-hybridized carbons (Fsp3) is 0.357. The molecule has 0 bridgehead atoms. The van der Waals surface area contributed by atoms with Gasteiger partial charge < -0.3 is 10.1 Å². The van der Waals surface area contributed by atoms with E-state index in [4.69, 9.17) is 16.3 Å². The van der Waals surface area contributed by atoms with Gasteiger partial charge in [0.05, 0.1) is 29.0 Å². The van der Waals surface area contributed by atoms with Crippen molar-refractivity contribution in [2.24, 2.45) is 0 Å². The van der Waals surface area contributed by atoms with Crippen LogP contribution in [0.2, 0.25) is 5.02 Å². The summed E-state index contributed by atoms with van der Waals surface area (Å²) in [4.78, 5) is 4.49. The third kappa shape index (κ3) is 3.61. The van der Waals surface area contributed by atoms with Crippen molar-refractivity contribution in [2.45, 2.75) is 26.8 Å². The molecule has 0 saturated heterocycles. The summed E-state index contributed by atoms with van der Waals surface area (Å²) < 4.78 is 5.60. The first-order valence-corrected chi connectivity index (χ1v) is 7.46. The quantitative estimate of drug-likeness (QED) is 0.870. The molecule has 1 atom stereocenters. The molecule has 2 aromatic rings. The molecule has 1 unspecified atom stereocenters. The summed E-state index contributed by atoms with van der Waals surface area (Å²) in [7, 11) is 0. The van der Waals surface area contributed by atoms with Gasteiger partial charge >= 0.3 is 0 Å². The summed E-state index contributed by atoms with van der Waals surface area (Å²) >= 11 is 7.69. The van der Waals surface area contributed by atoms with Gasteiger partial charge in [-0.1, -0.05) is 11.6 Å². The lowest BCUT2D eigenvalue weighted by Gasteiger charge is -2.17. The topological polar surface area (TPSA) is 34.1 Å². The Labute approximate surface area is 122 Å². The number of hydrogen-bond donors (Lipinski definition) is 1. The van der Waals surface area contributed by atoms with Crippen LogP contribution in [0.5, 0.6) is 5.75 Å². The van der Waals surface area contributed by atoms with Crippen LogP contribution in [0.1, 0.15) is 30.6 Å². The number of anilines is 1. The summed E-state index contributed by atoms with van der Waals surface area (Å²) in [6.07, 6.45) is 0. The molecule has 1 heterocycles. The fourth-order valence-corrected chi connectivity index (χ4v) is 2.66. The number of nitrogens with zero attached hydrogens (tertiary/aromatic N) is 1. The molecular formula is C14H17ClN2OS. The van der Waals surface area contributed by atoms with Crippen LogP contribution in [0.4, 0.5) is 5.69 Å². The smallest absolute Gasteiger partial charge is 0.142 e. The molecule has 1 N–H and O–H groups in total. The van der Waals surface area contributed by atoms with Gasteiger partial charge in [-0.15, -0.1) is 11.3 Å². The molecule has 0 aliphatic carbocycles. The Morgan fingerprint density at radius 3 is 2.89 bits per heavy atom. The highest BCUT2D eigenvalue weighted by Crippen LogP contribution is 2.31. The number of hydrogen-bond acceptors (Lipinski definition) is 4. The Morgan fingerprint density at radius 2 is 2.26 bits per heavy atom. The zero-order chi connectivity index (χ0) is 13.8. The molecule has 0 spiro atoms. The number of benzene rings is 1. The van der Waals surface area contributed by atoms with Crippen molar-refractivity contribution in [1.29, 1.82) is 0 Å². The Bertz CT molecular complexity index is 556. The molecule has 0 amide bonds. The maximum atomic E-state index is 6.04. The fourth-order valence-electron chi connectivity index (χ4n) is 1.78. The molecule has 0 fully saturated rings. The number of ether oxygens (including phenoxy) is 1. The van der Waals surface area contributed by atoms with Gasteiger partial charge in [0.2, 0.25) is 0 Å². The average molecular weight is 297 g/mol. The van der Waals surface area contributed by atoms with Gasteiger partial charge in [0, 0.05) is 10.4 Å². The van der Waals surface area contributed by atoms with Crippen molar-refractivity contribution in [2.75, 3.05) is 11.9 Å². The second kappa shape index (κ2) is 6.26. The molecular weight excluding hydrogens is 280 g/mol. The minimum absolute atomic E-state index is 0.114. The number of rotatable bonds is 5. The number of halogens is 1. The van der Waals surface area contributed by atoms with Gasteiger partial charge in [-0.25, -0.2) is 4.98 Å². The van der Waals surface area contributed by atoms with E-state index in [1.54, 1.807) is 11.3 Å². The third-order valence-electron chi connectivity index (χ3n) is 2.69. The van der Waals surface area contributed by atoms with Crippen LogP contribution < -0.4 is 10.1 Å². The summed E-state index contributed by atoms with van der Waals surface area (Å²) in [6, 6.07) is 5.70. The second-order valence-corrected chi connectivity index (χ2v) is 5.73. The Balaban J connectivity index is 2.19. The number of nitrogens with one attached hydrogen (secondary N) is 1. The zero-order valence-electron chi connectivity index (χ0n) is 11.2. The highest BCUT2D eigenvalue weighted by molar-refractivity contribution is 7.09. The highest BCUT2D eigenvalue weighted by atomic mass is 35.5. The molecule has 19 heavy (non-hydrogen) atoms. The standard InChI is InChI=1S/C14H17ClN2OS/c1-4-18-14-6-5-11(15)7-12(14)16-9(2)13-8-19-10(3)17-13/h5-9,16H,4H2,1-3H3. The Morgan fingerprint density at radius 1 is 1.47 bits per heavy atom. The lowest BCUT2D eigenvalue weighted by molar-refractivity contribution is 0.341. The first-order chi connectivity index (χ1) is 9.10. The van der Waals surface area contributed by atoms with Crippen molar-refractivity contribution in [1.82, 2.24) is 4.98 Å². The number of aryl methyl sites for hydroxylation is 1. The van der Waals surface area contributed by atoms with Crippen molar-refractivity contribution >= 4 is 28.6 Å². The van der Waals surface area contributed by atoms with Crippen LogP contribution in [0.3, 0.4) is 0 Å². The molecule has 102 valence electrons. The average Bonchev–Trinajstić information content (AvgIpc) is 2.80. The van der Waals surface area contributed by atoms with Gasteiger partial charge in [0.25, 0.3) is 0 Å². The van der Waals surface area contributed by atoms with Crippen molar-refractivity contribution in [3.63, 3.8) is 0 Å². The maximum absolute atomic E-state index is 6.04. The molecule has 0 saturated carbocycles. The molecule has 0 radical (unpaired) electrons. The summed E-state index contributed by atoms with van der Waals surface area (Å²) in [5, 5.41) is 7.22. The normalized spacial score (nSPS) is 12.2. The Kier molecular flexibility index (Phi) is 4.66. The minimum Gasteiger partial charge on any atom is -0.492 e. The van der Waals surface area contributed by atoms with Crippen molar-refractivity contribution in [3.8, 4) is 5.75 Å². The van der Waals surface area contributed by atoms with E-state index in [1.807, 2.05) is 32.0 Å². The van der Waals surface area contributed by atoms with E-state index in [0.29, 0.717) is 11.6 Å². The molecule has 2 rings (SSSR count). The molecule has 5 heteroatoms. The molecule has 0 aliphatic heterocycles. The highest BCUT2D eigenvalue weighted by Gasteiger charge is 2.12. The van der Waals surface area contributed by atoms with E-state index in [2.05, 4.69) is 22.6 Å². The lowest BCUT2D eigenvalue weighted by atomic mass is 10.2. The van der Waals surface area contributed by atoms with E-state index >= 15 is 0 Å². The van der Waals surface area contributed by atoms with Crippen molar-refractivity contribution in [3.05, 3.63) is 39.3 Å². The molecule has 3 nitrogen and oxygen atoms in total. The van der Waals surface area contributed by atoms with E-state index in [0.717, 1.165) is 22.1 Å². The lowest BCUT2D eigenvalue weighted by Crippen LogP contribution is -2.08. The monoisotopic (exact) mass is 296 g/mol. The van der Waals surface area contributed by atoms with E-state index in [9.17, 15) is 0 Å². The largest absolute Gasteiger partial charge is 0.492 e. The summed E-state index contributed by atoms with van der Waals surface area (Å²) in [5.74, 6) is 0.811. The third-order valence-corrected chi connectivity index (χ3v) is 3.72. The number of thiazole rings is 1.